The summed E-state index contributed by atoms with van der Waals surface area (Å²) in [6.07, 6.45) is 6.40. The van der Waals surface area contributed by atoms with E-state index in [4.69, 9.17) is 4.74 Å². The fraction of sp³-hybridized carbons (Fsp3) is 0.433. The lowest BCUT2D eigenvalue weighted by Crippen LogP contribution is -2.34. The van der Waals surface area contributed by atoms with Crippen molar-refractivity contribution in [2.24, 2.45) is 5.92 Å². The highest BCUT2D eigenvalue weighted by Crippen LogP contribution is 2.46. The van der Waals surface area contributed by atoms with Crippen molar-refractivity contribution < 1.29 is 17.9 Å². The van der Waals surface area contributed by atoms with Crippen LogP contribution >= 0.6 is 15.9 Å². The second kappa shape index (κ2) is 12.7. The Hall–Kier alpha value is -3.00. The van der Waals surface area contributed by atoms with E-state index < -0.39 is 15.9 Å². The van der Waals surface area contributed by atoms with E-state index in [0.29, 0.717) is 33.3 Å². The van der Waals surface area contributed by atoms with Gasteiger partial charge in [0, 0.05) is 54.4 Å². The Labute approximate surface area is 245 Å². The Morgan fingerprint density at radius 2 is 1.98 bits per heavy atom. The molecule has 1 aliphatic carbocycles. The van der Waals surface area contributed by atoms with Crippen LogP contribution in [0.3, 0.4) is 0 Å². The van der Waals surface area contributed by atoms with Crippen molar-refractivity contribution in [3.8, 4) is 11.8 Å². The molecule has 2 atom stereocenters. The van der Waals surface area contributed by atoms with Crippen LogP contribution in [0.4, 0.5) is 0 Å². The van der Waals surface area contributed by atoms with Gasteiger partial charge in [0.15, 0.2) is 11.5 Å². The number of pyridine rings is 1. The number of hydrogen-bond acceptors (Lipinski definition) is 7. The van der Waals surface area contributed by atoms with Crippen molar-refractivity contribution in [1.29, 1.82) is 5.26 Å². The summed E-state index contributed by atoms with van der Waals surface area (Å²) in [6.45, 7) is 8.20. The highest BCUT2D eigenvalue weighted by atomic mass is 79.9. The number of sulfonamides is 1. The van der Waals surface area contributed by atoms with Gasteiger partial charge in [-0.25, -0.2) is 8.42 Å². The fourth-order valence-electron chi connectivity index (χ4n) is 5.64. The Balaban J connectivity index is 1.89. The van der Waals surface area contributed by atoms with E-state index in [9.17, 15) is 18.5 Å². The highest BCUT2D eigenvalue weighted by molar-refractivity contribution is 9.10. The maximum Gasteiger partial charge on any atom is 0.246 e. The van der Waals surface area contributed by atoms with Crippen molar-refractivity contribution in [3.05, 3.63) is 74.8 Å². The second-order valence-corrected chi connectivity index (χ2v) is 12.9. The van der Waals surface area contributed by atoms with Gasteiger partial charge in [0.05, 0.1) is 22.0 Å². The van der Waals surface area contributed by atoms with Crippen LogP contribution in [-0.2, 0) is 21.4 Å². The number of carbonyl (C=O) groups is 1. The third kappa shape index (κ3) is 5.87. The number of ether oxygens (including phenoxy) is 1. The molecule has 40 heavy (non-hydrogen) atoms. The molecule has 0 spiro atoms. The second-order valence-electron chi connectivity index (χ2n) is 10.2. The largest absolute Gasteiger partial charge is 0.486 e. The van der Waals surface area contributed by atoms with Crippen LogP contribution in [0, 0.1) is 17.2 Å². The molecular formula is C30H35BrN4O4S. The van der Waals surface area contributed by atoms with Crippen LogP contribution in [0.5, 0.6) is 5.75 Å². The monoisotopic (exact) mass is 626 g/mol. The molecule has 1 aromatic heterocycles. The van der Waals surface area contributed by atoms with E-state index in [0.717, 1.165) is 30.5 Å². The molecule has 0 radical (unpaired) electrons. The fourth-order valence-corrected chi connectivity index (χ4v) is 8.01. The van der Waals surface area contributed by atoms with Crippen LogP contribution in [-0.4, -0.2) is 36.6 Å². The molecule has 1 aliphatic heterocycles. The molecule has 0 bridgehead atoms. The first-order chi connectivity index (χ1) is 19.2. The number of nitriles is 1. The van der Waals surface area contributed by atoms with Crippen LogP contribution in [0.15, 0.2) is 68.6 Å². The first-order valence-electron chi connectivity index (χ1n) is 13.6. The van der Waals surface area contributed by atoms with Crippen molar-refractivity contribution in [2.75, 3.05) is 13.1 Å². The predicted molar refractivity (Wildman–Crippen MR) is 157 cm³/mol. The maximum absolute atomic E-state index is 13.9. The summed E-state index contributed by atoms with van der Waals surface area (Å²) in [5, 5.41) is 13.5. The van der Waals surface area contributed by atoms with Crippen molar-refractivity contribution in [3.63, 3.8) is 0 Å². The summed E-state index contributed by atoms with van der Waals surface area (Å²) in [4.78, 5) is 17.7. The van der Waals surface area contributed by atoms with Gasteiger partial charge in [0.1, 0.15) is 11.5 Å². The topological polar surface area (TPSA) is 112 Å². The summed E-state index contributed by atoms with van der Waals surface area (Å²) in [7, 11) is -3.97. The Morgan fingerprint density at radius 1 is 1.23 bits per heavy atom. The van der Waals surface area contributed by atoms with Crippen molar-refractivity contribution in [2.45, 2.75) is 70.8 Å². The summed E-state index contributed by atoms with van der Waals surface area (Å²) >= 11 is 3.57. The van der Waals surface area contributed by atoms with E-state index in [1.54, 1.807) is 44.4 Å². The molecule has 10 heteroatoms. The number of benzene rings is 1. The van der Waals surface area contributed by atoms with Gasteiger partial charge in [-0.15, -0.1) is 0 Å². The van der Waals surface area contributed by atoms with Gasteiger partial charge in [-0.05, 0) is 65.4 Å². The number of hydrogen-bond donors (Lipinski definition) is 1. The van der Waals surface area contributed by atoms with Gasteiger partial charge >= 0.3 is 0 Å². The molecule has 1 aromatic carbocycles. The zero-order chi connectivity index (χ0) is 29.0. The van der Waals surface area contributed by atoms with Gasteiger partial charge in [0.2, 0.25) is 10.0 Å². The minimum Gasteiger partial charge on any atom is -0.486 e. The van der Waals surface area contributed by atoms with Crippen LogP contribution in [0.1, 0.15) is 70.4 Å². The molecule has 0 saturated heterocycles. The predicted octanol–water partition coefficient (Wildman–Crippen LogP) is 5.97. The molecular weight excluding hydrogens is 592 g/mol. The van der Waals surface area contributed by atoms with Crippen LogP contribution in [0.2, 0.25) is 0 Å². The molecule has 2 heterocycles. The zero-order valence-electron chi connectivity index (χ0n) is 23.3. The van der Waals surface area contributed by atoms with Gasteiger partial charge in [-0.3, -0.25) is 9.78 Å². The van der Waals surface area contributed by atoms with E-state index in [-0.39, 0.29) is 42.0 Å². The minimum absolute atomic E-state index is 0.00127. The quantitative estimate of drug-likeness (QED) is 0.345. The third-order valence-electron chi connectivity index (χ3n) is 7.52. The molecule has 0 saturated carbocycles. The molecule has 4 rings (SSSR count). The standard InChI is InChI=1S/C30H35BrN4O4S/c1-5-9-20-12-25-29(26(36)13-20)28(23(16-32)19(4)34-25)22-14-24(31)30(39-18-21-10-8-11-33-17-21)27(15-22)40(37,38)35(6-2)7-3/h8,10-11,14-15,17,20,28,34H,5-7,9,12-13,18H2,1-4H3. The molecule has 212 valence electrons. The number of halogens is 1. The number of ketones is 1. The molecule has 2 aromatic rings. The maximum atomic E-state index is 13.9. The number of aromatic nitrogens is 1. The number of nitrogens with one attached hydrogen (secondary N) is 1. The summed E-state index contributed by atoms with van der Waals surface area (Å²) < 4.78 is 35.8. The van der Waals surface area contributed by atoms with Crippen molar-refractivity contribution in [1.82, 2.24) is 14.6 Å². The van der Waals surface area contributed by atoms with Crippen LogP contribution in [0.25, 0.3) is 0 Å². The summed E-state index contributed by atoms with van der Waals surface area (Å²) in [5.41, 5.74) is 3.81. The number of rotatable bonds is 10. The lowest BCUT2D eigenvalue weighted by molar-refractivity contribution is -0.117. The molecule has 2 aliphatic rings. The zero-order valence-corrected chi connectivity index (χ0v) is 25.7. The Morgan fingerprint density at radius 3 is 2.60 bits per heavy atom. The van der Waals surface area contributed by atoms with E-state index in [1.165, 1.54) is 4.31 Å². The summed E-state index contributed by atoms with van der Waals surface area (Å²) in [6, 6.07) is 9.29. The Bertz CT molecular complexity index is 1490. The van der Waals surface area contributed by atoms with E-state index in [1.807, 2.05) is 13.0 Å². The normalized spacial score (nSPS) is 19.4. The first kappa shape index (κ1) is 30.0. The molecule has 0 amide bonds. The lowest BCUT2D eigenvalue weighted by atomic mass is 9.72. The minimum atomic E-state index is -3.97. The number of Topliss-reactive ketones (excluding diaryl/α,β-unsaturated/α-hetero) is 1. The smallest absolute Gasteiger partial charge is 0.246 e. The molecule has 8 nitrogen and oxygen atoms in total. The van der Waals surface area contributed by atoms with Crippen LogP contribution < -0.4 is 10.1 Å². The number of nitrogens with zero attached hydrogens (tertiary/aromatic N) is 3. The Kier molecular flexibility index (Phi) is 9.49. The number of allylic oxidation sites excluding steroid dienone is 4. The van der Waals surface area contributed by atoms with Gasteiger partial charge in [0.25, 0.3) is 0 Å². The SMILES string of the molecule is CCCC1CC(=O)C2=C(C1)NC(C)=C(C#N)C2c1cc(Br)c(OCc2cccnc2)c(S(=O)(=O)N(CC)CC)c1. The highest BCUT2D eigenvalue weighted by Gasteiger charge is 2.40. The third-order valence-corrected chi connectivity index (χ3v) is 10.2. The summed E-state index contributed by atoms with van der Waals surface area (Å²) in [5.74, 6) is -0.251. The van der Waals surface area contributed by atoms with E-state index in [2.05, 4.69) is 39.2 Å². The molecule has 1 N–H and O–H groups in total. The molecule has 2 unspecified atom stereocenters. The van der Waals surface area contributed by atoms with Gasteiger partial charge in [-0.2, -0.15) is 9.57 Å². The average Bonchev–Trinajstić information content (AvgIpc) is 2.92. The molecule has 0 fully saturated rings. The van der Waals surface area contributed by atoms with Crippen molar-refractivity contribution >= 4 is 31.7 Å². The lowest BCUT2D eigenvalue weighted by Gasteiger charge is -2.36. The van der Waals surface area contributed by atoms with E-state index >= 15 is 0 Å². The number of carbonyl (C=O) groups excluding carboxylic acids is 1. The first-order valence-corrected chi connectivity index (χ1v) is 15.9. The average molecular weight is 628 g/mol. The van der Waals surface area contributed by atoms with Gasteiger partial charge < -0.3 is 10.1 Å². The number of dihydropyridines is 1. The van der Waals surface area contributed by atoms with Gasteiger partial charge in [-0.1, -0.05) is 33.3 Å².